The lowest BCUT2D eigenvalue weighted by molar-refractivity contribution is -0.142. The average Bonchev–Trinajstić information content (AvgIpc) is 3.07. The number of thioether (sulfide) groups is 1. The first-order valence-corrected chi connectivity index (χ1v) is 12.0. The van der Waals surface area contributed by atoms with Crippen LogP contribution in [0.2, 0.25) is 0 Å². The van der Waals surface area contributed by atoms with Crippen LogP contribution in [-0.4, -0.2) is 40.0 Å². The molecule has 1 aliphatic carbocycles. The summed E-state index contributed by atoms with van der Waals surface area (Å²) in [6, 6.07) is 0. The van der Waals surface area contributed by atoms with Crippen LogP contribution in [0.5, 0.6) is 0 Å². The Bertz CT molecular complexity index is 1100. The van der Waals surface area contributed by atoms with Gasteiger partial charge in [-0.1, -0.05) is 11.8 Å². The van der Waals surface area contributed by atoms with Crippen LogP contribution in [0, 0.1) is 6.92 Å². The predicted molar refractivity (Wildman–Crippen MR) is 118 cm³/mol. The zero-order chi connectivity index (χ0) is 24.3. The molecule has 0 atom stereocenters. The molecule has 0 spiro atoms. The number of aryl methyl sites for hydroxylation is 1. The predicted octanol–water partition coefficient (Wildman–Crippen LogP) is 4.85. The number of nitrogens with one attached hydrogen (secondary N) is 1. The smallest absolute Gasteiger partial charge is 0.433 e. The molecule has 33 heavy (non-hydrogen) atoms. The summed E-state index contributed by atoms with van der Waals surface area (Å²) in [7, 11) is 0. The molecule has 1 amide bonds. The van der Waals surface area contributed by atoms with E-state index in [0.29, 0.717) is 29.0 Å². The summed E-state index contributed by atoms with van der Waals surface area (Å²) in [6.07, 6.45) is -2.49. The summed E-state index contributed by atoms with van der Waals surface area (Å²) in [6.45, 7) is 4.68. The Labute approximate surface area is 196 Å². The highest BCUT2D eigenvalue weighted by Crippen LogP contribution is 2.36. The fourth-order valence-corrected chi connectivity index (χ4v) is 5.32. The number of hydrogen-bond donors (Lipinski definition) is 1. The number of nitrogens with zero attached hydrogens (tertiary/aromatic N) is 2. The van der Waals surface area contributed by atoms with Gasteiger partial charge in [0.05, 0.1) is 22.8 Å². The summed E-state index contributed by atoms with van der Waals surface area (Å²) in [5.41, 5.74) is 0.0553. The first kappa shape index (κ1) is 25.2. The molecule has 2 aromatic heterocycles. The monoisotopic (exact) mass is 501 g/mol. The molecule has 12 heteroatoms. The summed E-state index contributed by atoms with van der Waals surface area (Å²) in [5, 5.41) is 2.60. The van der Waals surface area contributed by atoms with Crippen molar-refractivity contribution in [3.8, 4) is 0 Å². The molecule has 0 aliphatic heterocycles. The molecular formula is C21H22F3N3O4S2. The number of ketones is 1. The maximum absolute atomic E-state index is 13.5. The number of fused-ring (bicyclic) bond motifs is 1. The molecule has 0 saturated carbocycles. The van der Waals surface area contributed by atoms with Gasteiger partial charge in [0.25, 0.3) is 0 Å². The topological polar surface area (TPSA) is 98.2 Å². The summed E-state index contributed by atoms with van der Waals surface area (Å²) in [5.74, 6) is -1.78. The molecular weight excluding hydrogens is 479 g/mol. The number of aromatic nitrogens is 2. The van der Waals surface area contributed by atoms with Crippen molar-refractivity contribution in [2.24, 2.45) is 0 Å². The Kier molecular flexibility index (Phi) is 7.78. The molecule has 1 N–H and O–H groups in total. The Balaban J connectivity index is 1.79. The third-order valence-electron chi connectivity index (χ3n) is 4.96. The van der Waals surface area contributed by atoms with Crippen molar-refractivity contribution in [2.75, 3.05) is 17.7 Å². The second-order valence-electron chi connectivity index (χ2n) is 7.36. The molecule has 2 heterocycles. The molecule has 0 aromatic carbocycles. The van der Waals surface area contributed by atoms with E-state index in [-0.39, 0.29) is 45.8 Å². The van der Waals surface area contributed by atoms with Crippen molar-refractivity contribution >= 4 is 45.8 Å². The number of amides is 1. The van der Waals surface area contributed by atoms with E-state index in [1.54, 1.807) is 13.8 Å². The summed E-state index contributed by atoms with van der Waals surface area (Å²) in [4.78, 5) is 45.0. The van der Waals surface area contributed by atoms with Crippen molar-refractivity contribution in [3.63, 3.8) is 0 Å². The van der Waals surface area contributed by atoms with Gasteiger partial charge in [0.2, 0.25) is 5.91 Å². The highest BCUT2D eigenvalue weighted by Gasteiger charge is 2.38. The number of carbonyl (C=O) groups is 3. The van der Waals surface area contributed by atoms with E-state index in [0.717, 1.165) is 29.5 Å². The Morgan fingerprint density at radius 2 is 1.88 bits per heavy atom. The largest absolute Gasteiger partial charge is 0.462 e. The number of hydrogen-bond acceptors (Lipinski definition) is 8. The highest BCUT2D eigenvalue weighted by atomic mass is 32.2. The zero-order valence-electron chi connectivity index (χ0n) is 18.2. The molecule has 0 radical (unpaired) electrons. The Morgan fingerprint density at radius 3 is 2.52 bits per heavy atom. The third kappa shape index (κ3) is 5.72. The van der Waals surface area contributed by atoms with Gasteiger partial charge in [-0.15, -0.1) is 11.3 Å². The van der Waals surface area contributed by atoms with Crippen LogP contribution >= 0.6 is 23.1 Å². The van der Waals surface area contributed by atoms with Crippen LogP contribution in [0.15, 0.2) is 5.16 Å². The first-order chi connectivity index (χ1) is 15.5. The van der Waals surface area contributed by atoms with Gasteiger partial charge >= 0.3 is 12.1 Å². The van der Waals surface area contributed by atoms with Gasteiger partial charge in [-0.2, -0.15) is 13.2 Å². The maximum Gasteiger partial charge on any atom is 0.433 e. The molecule has 7 nitrogen and oxygen atoms in total. The molecule has 178 valence electrons. The lowest BCUT2D eigenvalue weighted by Crippen LogP contribution is -2.20. The fraction of sp³-hybridized carbons (Fsp3) is 0.476. The zero-order valence-corrected chi connectivity index (χ0v) is 19.9. The number of halogens is 3. The van der Waals surface area contributed by atoms with Crippen LogP contribution < -0.4 is 5.32 Å². The van der Waals surface area contributed by atoms with Crippen LogP contribution in [0.4, 0.5) is 18.2 Å². The van der Waals surface area contributed by atoms with E-state index < -0.39 is 23.7 Å². The highest BCUT2D eigenvalue weighted by molar-refractivity contribution is 7.99. The van der Waals surface area contributed by atoms with E-state index in [4.69, 9.17) is 4.74 Å². The van der Waals surface area contributed by atoms with Gasteiger partial charge in [0.15, 0.2) is 16.6 Å². The van der Waals surface area contributed by atoms with Crippen LogP contribution in [0.1, 0.15) is 69.2 Å². The number of ether oxygens (including phenoxy) is 1. The lowest BCUT2D eigenvalue weighted by atomic mass is 9.94. The van der Waals surface area contributed by atoms with Gasteiger partial charge in [0.1, 0.15) is 5.00 Å². The van der Waals surface area contributed by atoms with Crippen molar-refractivity contribution in [2.45, 2.75) is 57.8 Å². The summed E-state index contributed by atoms with van der Waals surface area (Å²) < 4.78 is 45.5. The maximum atomic E-state index is 13.5. The second kappa shape index (κ2) is 10.2. The van der Waals surface area contributed by atoms with E-state index in [1.165, 1.54) is 6.92 Å². The van der Waals surface area contributed by atoms with Crippen LogP contribution in [-0.2, 0) is 28.5 Å². The SMILES string of the molecule is CCOC(=O)c1c(NC(=O)CSc2nc3c(c(C(F)(F)F)n2)CCCC3)sc(C(C)=O)c1C. The van der Waals surface area contributed by atoms with Gasteiger partial charge in [-0.3, -0.25) is 9.59 Å². The van der Waals surface area contributed by atoms with Crippen molar-refractivity contribution < 1.29 is 32.3 Å². The minimum Gasteiger partial charge on any atom is -0.462 e. The van der Waals surface area contributed by atoms with Gasteiger partial charge in [-0.25, -0.2) is 14.8 Å². The van der Waals surface area contributed by atoms with Gasteiger partial charge in [0, 0.05) is 11.3 Å². The van der Waals surface area contributed by atoms with Gasteiger partial charge in [-0.05, 0) is 52.0 Å². The van der Waals surface area contributed by atoms with Crippen LogP contribution in [0.3, 0.4) is 0 Å². The Morgan fingerprint density at radius 1 is 1.18 bits per heavy atom. The van der Waals surface area contributed by atoms with E-state index in [1.807, 2.05) is 0 Å². The minimum absolute atomic E-state index is 0.0924. The first-order valence-electron chi connectivity index (χ1n) is 10.2. The number of esters is 1. The number of alkyl halides is 3. The average molecular weight is 502 g/mol. The minimum atomic E-state index is -4.60. The van der Waals surface area contributed by atoms with Gasteiger partial charge < -0.3 is 10.1 Å². The number of rotatable bonds is 7. The van der Waals surface area contributed by atoms with Crippen molar-refractivity contribution in [1.29, 1.82) is 0 Å². The standard InChI is InChI=1S/C21H22F3N3O4S2/c1-4-31-19(30)15-10(2)16(11(3)28)33-18(15)26-14(29)9-32-20-25-13-8-6-5-7-12(13)17(27-20)21(22,23)24/h4-9H2,1-3H3,(H,26,29). The molecule has 0 bridgehead atoms. The lowest BCUT2D eigenvalue weighted by Gasteiger charge is -2.20. The quantitative estimate of drug-likeness (QED) is 0.251. The molecule has 1 aliphatic rings. The van der Waals surface area contributed by atoms with Crippen molar-refractivity contribution in [3.05, 3.63) is 33.0 Å². The summed E-state index contributed by atoms with van der Waals surface area (Å²) >= 11 is 1.73. The van der Waals surface area contributed by atoms with Crippen LogP contribution in [0.25, 0.3) is 0 Å². The fourth-order valence-electron chi connectivity index (χ4n) is 3.55. The number of carbonyl (C=O) groups excluding carboxylic acids is 3. The van der Waals surface area contributed by atoms with E-state index >= 15 is 0 Å². The number of anilines is 1. The molecule has 3 rings (SSSR count). The molecule has 0 unspecified atom stereocenters. The molecule has 2 aromatic rings. The third-order valence-corrected chi connectivity index (χ3v) is 7.12. The number of Topliss-reactive ketones (excluding diaryl/α,β-unsaturated/α-hetero) is 1. The van der Waals surface area contributed by atoms with Crippen molar-refractivity contribution in [1.82, 2.24) is 9.97 Å². The normalized spacial score (nSPS) is 13.4. The number of thiophene rings is 1. The molecule has 0 saturated heterocycles. The Hall–Kier alpha value is -2.47. The van der Waals surface area contributed by atoms with E-state index in [2.05, 4.69) is 15.3 Å². The molecule has 0 fully saturated rings. The van der Waals surface area contributed by atoms with E-state index in [9.17, 15) is 27.6 Å². The second-order valence-corrected chi connectivity index (χ2v) is 9.32.